The van der Waals surface area contributed by atoms with Crippen molar-refractivity contribution in [2.45, 2.75) is 43.7 Å². The van der Waals surface area contributed by atoms with Gasteiger partial charge in [0, 0.05) is 18.4 Å². The van der Waals surface area contributed by atoms with Gasteiger partial charge in [-0.05, 0) is 47.9 Å². The van der Waals surface area contributed by atoms with Crippen LogP contribution in [0.25, 0.3) is 11.1 Å². The van der Waals surface area contributed by atoms with Gasteiger partial charge in [-0.2, -0.15) is 0 Å². The Balaban J connectivity index is 1.19. The predicted molar refractivity (Wildman–Crippen MR) is 126 cm³/mol. The minimum Gasteiger partial charge on any atom is -0.480 e. The van der Waals surface area contributed by atoms with Crippen molar-refractivity contribution < 1.29 is 24.2 Å². The first kappa shape index (κ1) is 22.2. The van der Waals surface area contributed by atoms with Crippen LogP contribution in [-0.2, 0) is 14.3 Å². The molecule has 176 valence electrons. The lowest BCUT2D eigenvalue weighted by molar-refractivity contribution is -0.150. The molecule has 1 saturated heterocycles. The van der Waals surface area contributed by atoms with E-state index < -0.39 is 18.1 Å². The van der Waals surface area contributed by atoms with Crippen LogP contribution in [0.4, 0.5) is 4.79 Å². The molecule has 1 heterocycles. The van der Waals surface area contributed by atoms with Crippen LogP contribution < -0.4 is 5.32 Å². The molecule has 5 rings (SSSR count). The fourth-order valence-corrected chi connectivity index (χ4v) is 5.51. The number of carbonyl (C=O) groups excluding carboxylic acids is 2. The Morgan fingerprint density at radius 2 is 1.71 bits per heavy atom. The van der Waals surface area contributed by atoms with E-state index in [9.17, 15) is 19.5 Å². The number of alkyl carbamates (subject to hydrolysis) is 1. The number of benzene rings is 2. The Hall–Kier alpha value is -3.61. The van der Waals surface area contributed by atoms with Crippen LogP contribution in [0.2, 0.25) is 0 Å². The number of amides is 2. The summed E-state index contributed by atoms with van der Waals surface area (Å²) in [6.45, 7) is 0.702. The number of nitrogens with one attached hydrogen (secondary N) is 1. The van der Waals surface area contributed by atoms with Crippen LogP contribution in [-0.4, -0.2) is 53.2 Å². The minimum absolute atomic E-state index is 0.0162. The Morgan fingerprint density at radius 1 is 1.03 bits per heavy atom. The van der Waals surface area contributed by atoms with Crippen molar-refractivity contribution >= 4 is 18.0 Å². The summed E-state index contributed by atoms with van der Waals surface area (Å²) in [5.74, 6) is -1.46. The third-order valence-electron chi connectivity index (χ3n) is 7.14. The first-order valence-corrected chi connectivity index (χ1v) is 11.8. The number of hydrogen-bond donors (Lipinski definition) is 2. The number of carbonyl (C=O) groups is 3. The van der Waals surface area contributed by atoms with E-state index >= 15 is 0 Å². The zero-order valence-electron chi connectivity index (χ0n) is 18.9. The average Bonchev–Trinajstić information content (AvgIpc) is 3.46. The van der Waals surface area contributed by atoms with E-state index in [-0.39, 0.29) is 30.4 Å². The largest absolute Gasteiger partial charge is 0.480 e. The molecule has 1 aliphatic heterocycles. The maximum atomic E-state index is 13.0. The highest BCUT2D eigenvalue weighted by molar-refractivity contribution is 5.86. The predicted octanol–water partition coefficient (Wildman–Crippen LogP) is 3.94. The van der Waals surface area contributed by atoms with Gasteiger partial charge in [0.15, 0.2) is 0 Å². The summed E-state index contributed by atoms with van der Waals surface area (Å²) in [4.78, 5) is 38.5. The number of likely N-dealkylation sites (tertiary alicyclic amines) is 1. The van der Waals surface area contributed by atoms with E-state index in [0.29, 0.717) is 32.2 Å². The number of allylic oxidation sites excluding steroid dienone is 1. The lowest BCUT2D eigenvalue weighted by Crippen LogP contribution is -2.46. The molecule has 3 aliphatic rings. The zero-order chi connectivity index (χ0) is 23.7. The van der Waals surface area contributed by atoms with Gasteiger partial charge in [-0.25, -0.2) is 9.59 Å². The molecule has 1 fully saturated rings. The topological polar surface area (TPSA) is 95.9 Å². The van der Waals surface area contributed by atoms with Gasteiger partial charge in [-0.3, -0.25) is 4.79 Å². The quantitative estimate of drug-likeness (QED) is 0.659. The molecule has 2 aromatic carbocycles. The molecule has 0 saturated carbocycles. The van der Waals surface area contributed by atoms with E-state index in [1.165, 1.54) is 16.0 Å². The van der Waals surface area contributed by atoms with Gasteiger partial charge in [-0.1, -0.05) is 60.7 Å². The number of hydrogen-bond acceptors (Lipinski definition) is 4. The summed E-state index contributed by atoms with van der Waals surface area (Å²) in [6.07, 6.45) is 5.41. The van der Waals surface area contributed by atoms with Gasteiger partial charge >= 0.3 is 12.1 Å². The molecule has 2 aromatic rings. The fourth-order valence-electron chi connectivity index (χ4n) is 5.51. The van der Waals surface area contributed by atoms with Crippen LogP contribution >= 0.6 is 0 Å². The van der Waals surface area contributed by atoms with E-state index in [4.69, 9.17) is 4.74 Å². The lowest BCUT2D eigenvalue weighted by Gasteiger charge is -2.30. The van der Waals surface area contributed by atoms with Crippen LogP contribution in [0.3, 0.4) is 0 Å². The normalized spacial score (nSPS) is 23.3. The van der Waals surface area contributed by atoms with Crippen molar-refractivity contribution in [2.75, 3.05) is 13.2 Å². The summed E-state index contributed by atoms with van der Waals surface area (Å²) in [5.41, 5.74) is 4.65. The standard InChI is InChI=1S/C27H28N2O5/c30-25(29-14-6-13-24(29)26(31)32)17-7-5-8-18(15-17)28-27(33)34-16-23-21-11-3-1-9-19(21)20-10-2-4-12-22(20)23/h1-5,8-12,17-18,23-24H,6-7,13-16H2,(H,28,33)(H,31,32)/t17-,18-,24+/m1/s1. The Labute approximate surface area is 198 Å². The van der Waals surface area contributed by atoms with E-state index in [1.54, 1.807) is 0 Å². The molecule has 3 atom stereocenters. The fraction of sp³-hybridized carbons (Fsp3) is 0.370. The molecular formula is C27H28N2O5. The second kappa shape index (κ2) is 9.33. The van der Waals surface area contributed by atoms with Gasteiger partial charge in [0.1, 0.15) is 12.6 Å². The number of carboxylic acids is 1. The number of rotatable bonds is 5. The molecule has 0 aromatic heterocycles. The molecule has 34 heavy (non-hydrogen) atoms. The van der Waals surface area contributed by atoms with Crippen molar-refractivity contribution in [2.24, 2.45) is 5.92 Å². The van der Waals surface area contributed by atoms with Gasteiger partial charge in [-0.15, -0.1) is 0 Å². The molecule has 2 N–H and O–H groups in total. The first-order chi connectivity index (χ1) is 16.5. The highest BCUT2D eigenvalue weighted by Gasteiger charge is 2.38. The van der Waals surface area contributed by atoms with E-state index in [1.807, 2.05) is 36.4 Å². The number of fused-ring (bicyclic) bond motifs is 3. The van der Waals surface area contributed by atoms with Crippen molar-refractivity contribution in [3.63, 3.8) is 0 Å². The molecule has 7 heteroatoms. The second-order valence-corrected chi connectivity index (χ2v) is 9.20. The minimum atomic E-state index is -0.953. The Bertz CT molecular complexity index is 1100. The highest BCUT2D eigenvalue weighted by Crippen LogP contribution is 2.44. The highest BCUT2D eigenvalue weighted by atomic mass is 16.5. The van der Waals surface area contributed by atoms with Gasteiger partial charge in [0.2, 0.25) is 5.91 Å². The summed E-state index contributed by atoms with van der Waals surface area (Å²) in [6, 6.07) is 15.3. The van der Waals surface area contributed by atoms with Gasteiger partial charge in [0.05, 0.1) is 6.04 Å². The third kappa shape index (κ3) is 4.18. The summed E-state index contributed by atoms with van der Waals surface area (Å²) in [5, 5.41) is 12.3. The van der Waals surface area contributed by atoms with E-state index in [0.717, 1.165) is 11.1 Å². The molecule has 0 spiro atoms. The van der Waals surface area contributed by atoms with Crippen LogP contribution in [0, 0.1) is 5.92 Å². The monoisotopic (exact) mass is 460 g/mol. The number of carboxylic acid groups (broad SMARTS) is 1. The molecule has 7 nitrogen and oxygen atoms in total. The van der Waals surface area contributed by atoms with E-state index in [2.05, 4.69) is 29.6 Å². The van der Waals surface area contributed by atoms with Crippen molar-refractivity contribution in [1.82, 2.24) is 10.2 Å². The summed E-state index contributed by atoms with van der Waals surface area (Å²) < 4.78 is 5.63. The molecule has 0 radical (unpaired) electrons. The molecule has 2 aliphatic carbocycles. The average molecular weight is 461 g/mol. The maximum Gasteiger partial charge on any atom is 0.407 e. The van der Waals surface area contributed by atoms with Crippen LogP contribution in [0.5, 0.6) is 0 Å². The Kier molecular flexibility index (Phi) is 6.09. The van der Waals surface area contributed by atoms with Crippen molar-refractivity contribution in [3.05, 3.63) is 71.8 Å². The third-order valence-corrected chi connectivity index (χ3v) is 7.14. The Morgan fingerprint density at radius 3 is 2.38 bits per heavy atom. The van der Waals surface area contributed by atoms with Gasteiger partial charge < -0.3 is 20.1 Å². The molecule has 0 bridgehead atoms. The smallest absolute Gasteiger partial charge is 0.407 e. The summed E-state index contributed by atoms with van der Waals surface area (Å²) >= 11 is 0. The number of ether oxygens (including phenoxy) is 1. The first-order valence-electron chi connectivity index (χ1n) is 11.8. The maximum absolute atomic E-state index is 13.0. The van der Waals surface area contributed by atoms with Crippen LogP contribution in [0.1, 0.15) is 42.7 Å². The number of nitrogens with zero attached hydrogens (tertiary/aromatic N) is 1. The SMILES string of the molecule is O=C(N[C@@H]1C=CC[C@@H](C(=O)N2CCC[C@H]2C(=O)O)C1)OCC1c2ccccc2-c2ccccc21. The zero-order valence-corrected chi connectivity index (χ0v) is 18.9. The van der Waals surface area contributed by atoms with Gasteiger partial charge in [0.25, 0.3) is 0 Å². The molecule has 0 unspecified atom stereocenters. The number of aliphatic carboxylic acids is 1. The summed E-state index contributed by atoms with van der Waals surface area (Å²) in [7, 11) is 0. The molecule has 2 amide bonds. The second-order valence-electron chi connectivity index (χ2n) is 9.20. The van der Waals surface area contributed by atoms with Crippen molar-refractivity contribution in [1.29, 1.82) is 0 Å². The van der Waals surface area contributed by atoms with Crippen LogP contribution in [0.15, 0.2) is 60.7 Å². The molecular weight excluding hydrogens is 432 g/mol. The van der Waals surface area contributed by atoms with Crippen molar-refractivity contribution in [3.8, 4) is 11.1 Å². The lowest BCUT2D eigenvalue weighted by atomic mass is 9.89.